The number of imidazole rings is 1. The normalized spacial score (nSPS) is 12.3. The number of carbonyl (C=O) groups is 1. The van der Waals surface area contributed by atoms with E-state index >= 15 is 0 Å². The number of hydrogen-bond acceptors (Lipinski definition) is 4. The molecular weight excluding hydrogens is 419 g/mol. The van der Waals surface area contributed by atoms with E-state index in [0.717, 1.165) is 35.3 Å². The fourth-order valence-corrected chi connectivity index (χ4v) is 5.56. The molecule has 0 spiro atoms. The van der Waals surface area contributed by atoms with Crippen molar-refractivity contribution in [2.24, 2.45) is 0 Å². The molecule has 7 heteroatoms. The first-order valence-electron chi connectivity index (χ1n) is 8.76. The number of aryl methyl sites for hydroxylation is 1. The van der Waals surface area contributed by atoms with Gasteiger partial charge in [-0.3, -0.25) is 4.79 Å². The number of nitrogens with zero attached hydrogens (tertiary/aromatic N) is 2. The predicted molar refractivity (Wildman–Crippen MR) is 116 cm³/mol. The quantitative estimate of drug-likeness (QED) is 0.383. The van der Waals surface area contributed by atoms with Gasteiger partial charge in [-0.25, -0.2) is 4.98 Å². The third kappa shape index (κ3) is 5.38. The Morgan fingerprint density at radius 3 is 2.89 bits per heavy atom. The van der Waals surface area contributed by atoms with Crippen molar-refractivity contribution in [1.82, 2.24) is 9.55 Å². The molecule has 2 aromatic heterocycles. The van der Waals surface area contributed by atoms with Gasteiger partial charge >= 0.3 is 0 Å². The number of thioether (sulfide) groups is 1. The van der Waals surface area contributed by atoms with E-state index in [1.165, 1.54) is 23.1 Å². The van der Waals surface area contributed by atoms with E-state index < -0.39 is 0 Å². The van der Waals surface area contributed by atoms with Crippen LogP contribution < -0.4 is 0 Å². The summed E-state index contributed by atoms with van der Waals surface area (Å²) in [5.41, 5.74) is 2.04. The molecule has 3 aromatic rings. The minimum absolute atomic E-state index is 0.0900. The van der Waals surface area contributed by atoms with Crippen molar-refractivity contribution in [2.75, 3.05) is 0 Å². The topological polar surface area (TPSA) is 34.9 Å². The number of carbonyl (C=O) groups excluding carboxylic acids is 1. The number of rotatable bonds is 8. The van der Waals surface area contributed by atoms with Gasteiger partial charge in [-0.05, 0) is 47.5 Å². The molecular formula is C20H20Cl2N2OS2. The summed E-state index contributed by atoms with van der Waals surface area (Å²) in [5.74, 6) is 0. The third-order valence-corrected chi connectivity index (χ3v) is 6.98. The molecule has 0 bridgehead atoms. The Morgan fingerprint density at radius 2 is 2.19 bits per heavy atom. The van der Waals surface area contributed by atoms with E-state index in [1.807, 2.05) is 28.3 Å². The fourth-order valence-electron chi connectivity index (χ4n) is 2.81. The lowest BCUT2D eigenvalue weighted by Crippen LogP contribution is -2.09. The summed E-state index contributed by atoms with van der Waals surface area (Å²) < 4.78 is 1.96. The van der Waals surface area contributed by atoms with Crippen molar-refractivity contribution >= 4 is 51.4 Å². The zero-order valence-electron chi connectivity index (χ0n) is 14.9. The van der Waals surface area contributed by atoms with Gasteiger partial charge in [-0.2, -0.15) is 0 Å². The highest BCUT2D eigenvalue weighted by molar-refractivity contribution is 8.14. The zero-order chi connectivity index (χ0) is 19.2. The van der Waals surface area contributed by atoms with Crippen LogP contribution in [-0.2, 0) is 13.0 Å². The average Bonchev–Trinajstić information content (AvgIpc) is 3.31. The molecule has 3 nitrogen and oxygen atoms in total. The first-order chi connectivity index (χ1) is 13.1. The fraction of sp³-hybridized carbons (Fsp3) is 0.300. The molecule has 0 fully saturated rings. The monoisotopic (exact) mass is 438 g/mol. The van der Waals surface area contributed by atoms with E-state index in [9.17, 15) is 4.79 Å². The molecule has 0 amide bonds. The highest BCUT2D eigenvalue weighted by atomic mass is 35.5. The second-order valence-corrected chi connectivity index (χ2v) is 9.13. The SMILES string of the molecule is CCCCc1ccsc1C(=O)SC(Cn1ccnc1)c1ccc(Cl)cc1Cl. The van der Waals surface area contributed by atoms with E-state index in [0.29, 0.717) is 16.6 Å². The van der Waals surface area contributed by atoms with Gasteiger partial charge in [-0.15, -0.1) is 11.3 Å². The van der Waals surface area contributed by atoms with Gasteiger partial charge in [0.15, 0.2) is 0 Å². The predicted octanol–water partition coefficient (Wildman–Crippen LogP) is 6.91. The van der Waals surface area contributed by atoms with E-state index in [-0.39, 0.29) is 10.4 Å². The summed E-state index contributed by atoms with van der Waals surface area (Å²) in [5, 5.41) is 3.12. The van der Waals surface area contributed by atoms with Crippen LogP contribution in [0.2, 0.25) is 10.0 Å². The second-order valence-electron chi connectivity index (χ2n) is 6.20. The highest BCUT2D eigenvalue weighted by Gasteiger charge is 2.23. The van der Waals surface area contributed by atoms with Crippen molar-refractivity contribution in [1.29, 1.82) is 0 Å². The Hall–Kier alpha value is -1.27. The summed E-state index contributed by atoms with van der Waals surface area (Å²) >= 11 is 15.3. The van der Waals surface area contributed by atoms with E-state index in [4.69, 9.17) is 23.2 Å². The second kappa shape index (κ2) is 9.78. The van der Waals surface area contributed by atoms with Gasteiger partial charge in [0.1, 0.15) is 0 Å². The maximum atomic E-state index is 13.1. The van der Waals surface area contributed by atoms with Crippen molar-refractivity contribution < 1.29 is 4.79 Å². The molecule has 0 aliphatic rings. The molecule has 0 saturated heterocycles. The molecule has 142 valence electrons. The maximum absolute atomic E-state index is 13.1. The minimum atomic E-state index is -0.127. The zero-order valence-corrected chi connectivity index (χ0v) is 18.0. The van der Waals surface area contributed by atoms with Gasteiger partial charge in [0, 0.05) is 29.0 Å². The van der Waals surface area contributed by atoms with Crippen molar-refractivity contribution in [3.05, 3.63) is 74.4 Å². The van der Waals surface area contributed by atoms with Crippen LogP contribution in [0.15, 0.2) is 48.4 Å². The molecule has 2 heterocycles. The minimum Gasteiger partial charge on any atom is -0.336 e. The summed E-state index contributed by atoms with van der Waals surface area (Å²) in [7, 11) is 0. The Morgan fingerprint density at radius 1 is 1.33 bits per heavy atom. The first kappa shape index (κ1) is 20.5. The molecule has 27 heavy (non-hydrogen) atoms. The number of aromatic nitrogens is 2. The lowest BCUT2D eigenvalue weighted by atomic mass is 10.1. The lowest BCUT2D eigenvalue weighted by Gasteiger charge is -2.18. The van der Waals surface area contributed by atoms with Gasteiger partial charge in [0.25, 0.3) is 0 Å². The molecule has 0 aliphatic carbocycles. The Kier molecular flexibility index (Phi) is 7.41. The smallest absolute Gasteiger partial charge is 0.230 e. The number of thiophene rings is 1. The van der Waals surface area contributed by atoms with Crippen LogP contribution in [0.5, 0.6) is 0 Å². The van der Waals surface area contributed by atoms with Crippen molar-refractivity contribution in [2.45, 2.75) is 38.0 Å². The Bertz CT molecular complexity index is 893. The molecule has 1 aromatic carbocycles. The molecule has 0 aliphatic heterocycles. The Balaban J connectivity index is 1.85. The van der Waals surface area contributed by atoms with Gasteiger partial charge in [-0.1, -0.05) is 54.4 Å². The number of benzene rings is 1. The molecule has 3 rings (SSSR count). The highest BCUT2D eigenvalue weighted by Crippen LogP contribution is 2.39. The van der Waals surface area contributed by atoms with E-state index in [2.05, 4.69) is 18.0 Å². The van der Waals surface area contributed by atoms with Crippen LogP contribution in [0.25, 0.3) is 0 Å². The number of halogens is 2. The maximum Gasteiger partial charge on any atom is 0.230 e. The Labute approximate surface area is 177 Å². The summed E-state index contributed by atoms with van der Waals surface area (Å²) in [6.07, 6.45) is 8.51. The third-order valence-electron chi connectivity index (χ3n) is 4.23. The van der Waals surface area contributed by atoms with Crippen LogP contribution in [0, 0.1) is 0 Å². The standard InChI is InChI=1S/C20H20Cl2N2OS2/c1-2-3-4-14-7-10-26-19(14)20(25)27-18(12-24-9-8-23-13-24)16-6-5-15(21)11-17(16)22/h5-11,13,18H,2-4,12H2,1H3. The van der Waals surface area contributed by atoms with E-state index in [1.54, 1.807) is 18.6 Å². The lowest BCUT2D eigenvalue weighted by molar-refractivity contribution is 0.109. The van der Waals surface area contributed by atoms with Crippen molar-refractivity contribution in [3.8, 4) is 0 Å². The van der Waals surface area contributed by atoms with Gasteiger partial charge < -0.3 is 4.57 Å². The number of hydrogen-bond donors (Lipinski definition) is 0. The largest absolute Gasteiger partial charge is 0.336 e. The molecule has 1 unspecified atom stereocenters. The van der Waals surface area contributed by atoms with Crippen LogP contribution in [0.1, 0.15) is 45.8 Å². The average molecular weight is 439 g/mol. The van der Waals surface area contributed by atoms with Crippen molar-refractivity contribution in [3.63, 3.8) is 0 Å². The van der Waals surface area contributed by atoms with Crippen LogP contribution >= 0.6 is 46.3 Å². The molecule has 0 N–H and O–H groups in total. The summed E-state index contributed by atoms with van der Waals surface area (Å²) in [6.45, 7) is 2.76. The molecule has 0 radical (unpaired) electrons. The molecule has 1 atom stereocenters. The summed E-state index contributed by atoms with van der Waals surface area (Å²) in [6, 6.07) is 7.50. The number of unbranched alkanes of at least 4 members (excludes halogenated alkanes) is 1. The summed E-state index contributed by atoms with van der Waals surface area (Å²) in [4.78, 5) is 18.0. The van der Waals surface area contributed by atoms with Crippen LogP contribution in [0.3, 0.4) is 0 Å². The van der Waals surface area contributed by atoms with Crippen LogP contribution in [-0.4, -0.2) is 14.7 Å². The first-order valence-corrected chi connectivity index (χ1v) is 11.3. The van der Waals surface area contributed by atoms with Crippen LogP contribution in [0.4, 0.5) is 0 Å². The van der Waals surface area contributed by atoms with Gasteiger partial charge in [0.05, 0.1) is 16.5 Å². The van der Waals surface area contributed by atoms with Gasteiger partial charge in [0.2, 0.25) is 5.12 Å². The molecule has 0 saturated carbocycles.